The maximum absolute atomic E-state index is 10.7. The van der Waals surface area contributed by atoms with E-state index in [0.29, 0.717) is 6.42 Å². The van der Waals surface area contributed by atoms with E-state index in [1.54, 1.807) is 0 Å². The molecule has 0 spiro atoms. The van der Waals surface area contributed by atoms with Gasteiger partial charge >= 0.3 is 5.97 Å². The van der Waals surface area contributed by atoms with E-state index >= 15 is 0 Å². The minimum absolute atomic E-state index is 0.300. The lowest BCUT2D eigenvalue weighted by Crippen LogP contribution is -2.39. The number of hydrogen-bond donors (Lipinski definition) is 3. The molecule has 80 valence electrons. The number of rotatable bonds is 7. The first kappa shape index (κ1) is 13.0. The number of aliphatic carboxylic acids is 1. The van der Waals surface area contributed by atoms with Gasteiger partial charge in [-0.05, 0) is 25.8 Å². The molecule has 0 aromatic carbocycles. The van der Waals surface area contributed by atoms with Gasteiger partial charge in [0.2, 0.25) is 5.91 Å². The van der Waals surface area contributed by atoms with Crippen molar-refractivity contribution in [1.82, 2.24) is 10.5 Å². The van der Waals surface area contributed by atoms with Gasteiger partial charge in [0.05, 0.1) is 0 Å². The maximum Gasteiger partial charge on any atom is 0.326 e. The molecule has 0 aromatic rings. The number of unbranched alkanes of at least 4 members (excludes halogenated alkanes) is 1. The van der Waals surface area contributed by atoms with E-state index in [-0.39, 0.29) is 5.91 Å². The van der Waals surface area contributed by atoms with Crippen LogP contribution in [-0.2, 0) is 9.59 Å². The summed E-state index contributed by atoms with van der Waals surface area (Å²) in [5, 5.41) is 14.1. The standard InChI is InChI=1S/C8H17BN2O3/c1-6(12)11-7(8(13)14)4-2-3-5-10-9/h7,10H,2-5,9H2,1H3,(H,11,12)(H,13,14)/t7-/m0/s1. The Labute approximate surface area is 84.7 Å². The quantitative estimate of drug-likeness (QED) is 0.359. The van der Waals surface area contributed by atoms with Gasteiger partial charge in [-0.2, -0.15) is 0 Å². The van der Waals surface area contributed by atoms with Crippen LogP contribution in [0.15, 0.2) is 0 Å². The van der Waals surface area contributed by atoms with Crippen molar-refractivity contribution in [2.45, 2.75) is 32.2 Å². The zero-order chi connectivity index (χ0) is 11.0. The summed E-state index contributed by atoms with van der Waals surface area (Å²) in [6, 6.07) is -0.746. The molecule has 0 saturated heterocycles. The van der Waals surface area contributed by atoms with E-state index < -0.39 is 12.0 Å². The van der Waals surface area contributed by atoms with Gasteiger partial charge in [0.25, 0.3) is 0 Å². The molecule has 1 atom stereocenters. The summed E-state index contributed by atoms with van der Waals surface area (Å²) in [6.45, 7) is 2.19. The molecule has 0 rings (SSSR count). The van der Waals surface area contributed by atoms with Crippen molar-refractivity contribution in [3.63, 3.8) is 0 Å². The third-order valence-corrected chi connectivity index (χ3v) is 1.85. The zero-order valence-corrected chi connectivity index (χ0v) is 8.67. The van der Waals surface area contributed by atoms with E-state index in [4.69, 9.17) is 5.11 Å². The Morgan fingerprint density at radius 2 is 2.07 bits per heavy atom. The molecule has 6 heteroatoms. The Hall–Kier alpha value is -1.04. The van der Waals surface area contributed by atoms with E-state index in [0.717, 1.165) is 19.4 Å². The second-order valence-electron chi connectivity index (χ2n) is 3.19. The van der Waals surface area contributed by atoms with Gasteiger partial charge in [0.15, 0.2) is 7.98 Å². The number of carbonyl (C=O) groups is 2. The molecule has 5 nitrogen and oxygen atoms in total. The van der Waals surface area contributed by atoms with Crippen LogP contribution >= 0.6 is 0 Å². The zero-order valence-electron chi connectivity index (χ0n) is 8.67. The number of amides is 1. The van der Waals surface area contributed by atoms with Gasteiger partial charge in [-0.3, -0.25) is 4.79 Å². The predicted molar refractivity (Wildman–Crippen MR) is 55.6 cm³/mol. The Balaban J connectivity index is 3.74. The second-order valence-corrected chi connectivity index (χ2v) is 3.19. The van der Waals surface area contributed by atoms with Crippen LogP contribution in [-0.4, -0.2) is 37.6 Å². The fraction of sp³-hybridized carbons (Fsp3) is 0.750. The first-order chi connectivity index (χ1) is 6.57. The summed E-state index contributed by atoms with van der Waals surface area (Å²) < 4.78 is 0. The van der Waals surface area contributed by atoms with Crippen LogP contribution in [0.1, 0.15) is 26.2 Å². The molecule has 0 heterocycles. The van der Waals surface area contributed by atoms with E-state index in [9.17, 15) is 9.59 Å². The molecule has 14 heavy (non-hydrogen) atoms. The van der Waals surface area contributed by atoms with Crippen LogP contribution in [0.2, 0.25) is 0 Å². The topological polar surface area (TPSA) is 78.4 Å². The summed E-state index contributed by atoms with van der Waals surface area (Å²) >= 11 is 0. The molecule has 1 amide bonds. The molecule has 0 aliphatic carbocycles. The highest BCUT2D eigenvalue weighted by Crippen LogP contribution is 2.00. The minimum Gasteiger partial charge on any atom is -0.480 e. The fourth-order valence-electron chi connectivity index (χ4n) is 1.15. The third kappa shape index (κ3) is 6.48. The molecule has 0 saturated carbocycles. The molecule has 0 bridgehead atoms. The van der Waals surface area contributed by atoms with E-state index in [2.05, 4.69) is 10.5 Å². The molecular weight excluding hydrogens is 183 g/mol. The van der Waals surface area contributed by atoms with Crippen LogP contribution in [0.4, 0.5) is 0 Å². The molecule has 3 N–H and O–H groups in total. The largest absolute Gasteiger partial charge is 0.480 e. The molecule has 0 aliphatic heterocycles. The van der Waals surface area contributed by atoms with Gasteiger partial charge in [-0.1, -0.05) is 0 Å². The Kier molecular flexibility index (Phi) is 6.83. The number of carbonyl (C=O) groups excluding carboxylic acids is 1. The summed E-state index contributed by atoms with van der Waals surface area (Å²) in [6.07, 6.45) is 2.19. The second kappa shape index (κ2) is 7.38. The first-order valence-electron chi connectivity index (χ1n) is 4.72. The highest BCUT2D eigenvalue weighted by atomic mass is 16.4. The van der Waals surface area contributed by atoms with Gasteiger partial charge in [0.1, 0.15) is 6.04 Å². The highest BCUT2D eigenvalue weighted by Gasteiger charge is 2.16. The van der Waals surface area contributed by atoms with Crippen molar-refractivity contribution < 1.29 is 14.7 Å². The van der Waals surface area contributed by atoms with Gasteiger partial charge in [0, 0.05) is 6.92 Å². The highest BCUT2D eigenvalue weighted by molar-refractivity contribution is 6.04. The molecule has 0 aromatic heterocycles. The number of carboxylic acid groups (broad SMARTS) is 1. The van der Waals surface area contributed by atoms with Gasteiger partial charge < -0.3 is 15.7 Å². The summed E-state index contributed by atoms with van der Waals surface area (Å²) in [7, 11) is 1.85. The lowest BCUT2D eigenvalue weighted by molar-refractivity contribution is -0.141. The van der Waals surface area contributed by atoms with Crippen molar-refractivity contribution in [2.75, 3.05) is 6.54 Å². The molecule has 0 unspecified atom stereocenters. The lowest BCUT2D eigenvalue weighted by atomic mass is 10.1. The molecular formula is C8H17BN2O3. The van der Waals surface area contributed by atoms with Crippen LogP contribution in [0.3, 0.4) is 0 Å². The van der Waals surface area contributed by atoms with Gasteiger partial charge in [-0.15, -0.1) is 0 Å². The maximum atomic E-state index is 10.7. The average Bonchev–Trinajstić information content (AvgIpc) is 2.09. The average molecular weight is 200 g/mol. The molecule has 0 aliphatic rings. The predicted octanol–water partition coefficient (Wildman–Crippen LogP) is -1.12. The molecule has 0 fully saturated rings. The third-order valence-electron chi connectivity index (χ3n) is 1.85. The number of carboxylic acids is 1. The minimum atomic E-state index is -0.968. The Morgan fingerprint density at radius 3 is 2.50 bits per heavy atom. The number of nitrogens with one attached hydrogen (secondary N) is 2. The van der Waals surface area contributed by atoms with E-state index in [1.165, 1.54) is 6.92 Å². The SMILES string of the molecule is BNCCCC[C@H](NC(C)=O)C(=O)O. The molecule has 0 radical (unpaired) electrons. The normalized spacial score (nSPS) is 12.1. The summed E-state index contributed by atoms with van der Waals surface area (Å²) in [5.41, 5.74) is 0. The lowest BCUT2D eigenvalue weighted by Gasteiger charge is -2.12. The van der Waals surface area contributed by atoms with Crippen molar-refractivity contribution in [1.29, 1.82) is 0 Å². The Morgan fingerprint density at radius 1 is 1.43 bits per heavy atom. The number of hydrogen-bond acceptors (Lipinski definition) is 3. The summed E-state index contributed by atoms with van der Waals surface area (Å²) in [5.74, 6) is -1.27. The van der Waals surface area contributed by atoms with Crippen LogP contribution < -0.4 is 10.5 Å². The van der Waals surface area contributed by atoms with Crippen molar-refractivity contribution >= 4 is 19.9 Å². The van der Waals surface area contributed by atoms with Crippen molar-refractivity contribution in [3.05, 3.63) is 0 Å². The van der Waals surface area contributed by atoms with Crippen LogP contribution in [0.5, 0.6) is 0 Å². The Bertz CT molecular complexity index is 199. The van der Waals surface area contributed by atoms with Crippen molar-refractivity contribution in [2.24, 2.45) is 0 Å². The van der Waals surface area contributed by atoms with Crippen LogP contribution in [0.25, 0.3) is 0 Å². The smallest absolute Gasteiger partial charge is 0.326 e. The fourth-order valence-corrected chi connectivity index (χ4v) is 1.15. The monoisotopic (exact) mass is 200 g/mol. The van der Waals surface area contributed by atoms with Crippen LogP contribution in [0, 0.1) is 0 Å². The van der Waals surface area contributed by atoms with Gasteiger partial charge in [-0.25, -0.2) is 4.79 Å². The summed E-state index contributed by atoms with van der Waals surface area (Å²) in [4.78, 5) is 21.3. The van der Waals surface area contributed by atoms with E-state index in [1.807, 2.05) is 7.98 Å². The van der Waals surface area contributed by atoms with Crippen molar-refractivity contribution in [3.8, 4) is 0 Å². The first-order valence-corrected chi connectivity index (χ1v) is 4.72.